The van der Waals surface area contributed by atoms with E-state index in [0.717, 1.165) is 21.9 Å². The van der Waals surface area contributed by atoms with Gasteiger partial charge in [0.2, 0.25) is 0 Å². The molecule has 4 aromatic rings. The summed E-state index contributed by atoms with van der Waals surface area (Å²) in [4.78, 5) is 12.7. The minimum absolute atomic E-state index is 0.336. The first-order chi connectivity index (χ1) is 19.5. The van der Waals surface area contributed by atoms with Gasteiger partial charge in [-0.25, -0.2) is 5.43 Å². The fourth-order valence-electron chi connectivity index (χ4n) is 4.05. The van der Waals surface area contributed by atoms with Crippen LogP contribution in [-0.2, 0) is 6.61 Å². The van der Waals surface area contributed by atoms with Gasteiger partial charge in [-0.3, -0.25) is 4.79 Å². The maximum atomic E-state index is 12.7. The average molecular weight is 604 g/mol. The molecule has 40 heavy (non-hydrogen) atoms. The minimum Gasteiger partial charge on any atom is -0.490 e. The van der Waals surface area contributed by atoms with Crippen molar-refractivity contribution in [2.24, 2.45) is 5.10 Å². The van der Waals surface area contributed by atoms with Crippen LogP contribution in [0.3, 0.4) is 0 Å². The number of nitrogens with one attached hydrogen (secondary N) is 1. The Labute approximate surface area is 242 Å². The Hall–Kier alpha value is -4.30. The zero-order valence-corrected chi connectivity index (χ0v) is 24.1. The molecule has 0 heterocycles. The number of ether oxygens (including phenoxy) is 4. The number of fused-ring (bicyclic) bond motifs is 1. The van der Waals surface area contributed by atoms with E-state index in [1.807, 2.05) is 44.2 Å². The highest BCUT2D eigenvalue weighted by Gasteiger charge is 2.14. The number of benzene rings is 4. The SMILES string of the molecule is C=CCOc1ccc(C(=O)N/N=C/c2cc(Br)c(OCc3cccc4ccccc34)c(OCC)c2)cc1OCC. The summed E-state index contributed by atoms with van der Waals surface area (Å²) in [6, 6.07) is 23.0. The second kappa shape index (κ2) is 14.2. The lowest BCUT2D eigenvalue weighted by molar-refractivity contribution is 0.0954. The van der Waals surface area contributed by atoms with Crippen LogP contribution in [0, 0.1) is 0 Å². The van der Waals surface area contributed by atoms with Gasteiger partial charge in [-0.05, 0) is 82.0 Å². The first kappa shape index (κ1) is 28.7. The zero-order valence-electron chi connectivity index (χ0n) is 22.5. The summed E-state index contributed by atoms with van der Waals surface area (Å²) in [7, 11) is 0. The van der Waals surface area contributed by atoms with E-state index in [4.69, 9.17) is 18.9 Å². The van der Waals surface area contributed by atoms with Crippen LogP contribution in [0.2, 0.25) is 0 Å². The van der Waals surface area contributed by atoms with Crippen molar-refractivity contribution in [2.75, 3.05) is 19.8 Å². The predicted octanol–water partition coefficient (Wildman–Crippen LogP) is 7.31. The Morgan fingerprint density at radius 3 is 2.48 bits per heavy atom. The van der Waals surface area contributed by atoms with E-state index >= 15 is 0 Å². The second-order valence-corrected chi connectivity index (χ2v) is 9.44. The minimum atomic E-state index is -0.383. The average Bonchev–Trinajstić information content (AvgIpc) is 2.96. The predicted molar refractivity (Wildman–Crippen MR) is 162 cm³/mol. The lowest BCUT2D eigenvalue weighted by Gasteiger charge is -2.15. The quantitative estimate of drug-likeness (QED) is 0.0986. The Balaban J connectivity index is 1.47. The number of hydrogen-bond donors (Lipinski definition) is 1. The van der Waals surface area contributed by atoms with Crippen LogP contribution in [0.4, 0.5) is 0 Å². The second-order valence-electron chi connectivity index (χ2n) is 8.58. The molecule has 7 nitrogen and oxygen atoms in total. The third-order valence-electron chi connectivity index (χ3n) is 5.83. The molecule has 0 unspecified atom stereocenters. The summed E-state index contributed by atoms with van der Waals surface area (Å²) in [5.41, 5.74) is 4.74. The number of carbonyl (C=O) groups excluding carboxylic acids is 1. The molecule has 0 bridgehead atoms. The smallest absolute Gasteiger partial charge is 0.271 e. The van der Waals surface area contributed by atoms with Crippen molar-refractivity contribution in [1.82, 2.24) is 5.43 Å². The first-order valence-corrected chi connectivity index (χ1v) is 13.7. The fraction of sp³-hybridized carbons (Fsp3) is 0.188. The van der Waals surface area contributed by atoms with Gasteiger partial charge in [0.05, 0.1) is 23.9 Å². The number of hydrazone groups is 1. The molecule has 1 amide bonds. The molecule has 0 aliphatic heterocycles. The van der Waals surface area contributed by atoms with Gasteiger partial charge in [-0.15, -0.1) is 0 Å². The molecule has 0 saturated heterocycles. The third-order valence-corrected chi connectivity index (χ3v) is 6.41. The molecule has 0 fully saturated rings. The topological polar surface area (TPSA) is 78.4 Å². The maximum absolute atomic E-state index is 12.7. The number of carbonyl (C=O) groups is 1. The monoisotopic (exact) mass is 602 g/mol. The van der Waals surface area contributed by atoms with Crippen molar-refractivity contribution >= 4 is 38.8 Å². The van der Waals surface area contributed by atoms with Gasteiger partial charge in [0.15, 0.2) is 23.0 Å². The van der Waals surface area contributed by atoms with Crippen LogP contribution in [0.25, 0.3) is 10.8 Å². The van der Waals surface area contributed by atoms with Gasteiger partial charge < -0.3 is 18.9 Å². The number of amides is 1. The van der Waals surface area contributed by atoms with Crippen LogP contribution in [-0.4, -0.2) is 31.9 Å². The summed E-state index contributed by atoms with van der Waals surface area (Å²) in [5.74, 6) is 1.80. The Morgan fingerprint density at radius 2 is 1.68 bits per heavy atom. The van der Waals surface area contributed by atoms with Gasteiger partial charge in [0.1, 0.15) is 13.2 Å². The van der Waals surface area contributed by atoms with E-state index in [-0.39, 0.29) is 5.91 Å². The molecule has 0 aliphatic carbocycles. The van der Waals surface area contributed by atoms with Crippen molar-refractivity contribution in [2.45, 2.75) is 20.5 Å². The molecule has 0 aromatic heterocycles. The van der Waals surface area contributed by atoms with E-state index in [1.54, 1.807) is 30.5 Å². The van der Waals surface area contributed by atoms with Crippen molar-refractivity contribution in [1.29, 1.82) is 0 Å². The summed E-state index contributed by atoms with van der Waals surface area (Å²) < 4.78 is 24.0. The van der Waals surface area contributed by atoms with Crippen LogP contribution >= 0.6 is 15.9 Å². The van der Waals surface area contributed by atoms with Crippen molar-refractivity contribution in [3.63, 3.8) is 0 Å². The number of halogens is 1. The van der Waals surface area contributed by atoms with E-state index in [1.165, 1.54) is 0 Å². The van der Waals surface area contributed by atoms with Gasteiger partial charge in [-0.2, -0.15) is 5.10 Å². The van der Waals surface area contributed by atoms with Crippen LogP contribution in [0.5, 0.6) is 23.0 Å². The van der Waals surface area contributed by atoms with E-state index in [9.17, 15) is 4.79 Å². The molecule has 0 atom stereocenters. The summed E-state index contributed by atoms with van der Waals surface area (Å²) in [5, 5.41) is 6.44. The molecule has 0 spiro atoms. The van der Waals surface area contributed by atoms with E-state index in [0.29, 0.717) is 59.5 Å². The Kier molecular flexibility index (Phi) is 10.2. The standard InChI is InChI=1S/C32H31BrN2O5/c1-4-16-39-28-15-14-24(19-29(28)37-5-2)32(36)35-34-20-22-17-27(33)31(30(18-22)38-6-3)40-21-25-12-9-11-23-10-7-8-13-26(23)25/h4,7-15,17-20H,1,5-6,16,21H2,2-3H3,(H,35,36)/b34-20+. The molecule has 8 heteroatoms. The fourth-order valence-corrected chi connectivity index (χ4v) is 4.62. The van der Waals surface area contributed by atoms with Crippen LogP contribution < -0.4 is 24.4 Å². The van der Waals surface area contributed by atoms with E-state index in [2.05, 4.69) is 57.3 Å². The van der Waals surface area contributed by atoms with Crippen LogP contribution in [0.1, 0.15) is 35.3 Å². The highest BCUT2D eigenvalue weighted by atomic mass is 79.9. The highest BCUT2D eigenvalue weighted by Crippen LogP contribution is 2.37. The summed E-state index contributed by atoms with van der Waals surface area (Å²) in [6.45, 7) is 9.04. The Morgan fingerprint density at radius 1 is 0.900 bits per heavy atom. The normalized spacial score (nSPS) is 10.9. The molecular weight excluding hydrogens is 572 g/mol. The molecule has 4 aromatic carbocycles. The van der Waals surface area contributed by atoms with E-state index < -0.39 is 0 Å². The number of nitrogens with zero attached hydrogens (tertiary/aromatic N) is 1. The number of rotatable bonds is 13. The Bertz CT molecular complexity index is 1510. The zero-order chi connectivity index (χ0) is 28.3. The summed E-state index contributed by atoms with van der Waals surface area (Å²) >= 11 is 3.61. The van der Waals surface area contributed by atoms with Crippen LogP contribution in [0.15, 0.2) is 95.0 Å². The van der Waals surface area contributed by atoms with Gasteiger partial charge >= 0.3 is 0 Å². The van der Waals surface area contributed by atoms with Gasteiger partial charge in [-0.1, -0.05) is 55.1 Å². The molecule has 1 N–H and O–H groups in total. The lowest BCUT2D eigenvalue weighted by Crippen LogP contribution is -2.17. The highest BCUT2D eigenvalue weighted by molar-refractivity contribution is 9.10. The van der Waals surface area contributed by atoms with Gasteiger partial charge in [0, 0.05) is 5.56 Å². The molecule has 0 saturated carbocycles. The van der Waals surface area contributed by atoms with Crippen molar-refractivity contribution in [3.8, 4) is 23.0 Å². The third kappa shape index (κ3) is 7.21. The first-order valence-electron chi connectivity index (χ1n) is 12.9. The molecule has 206 valence electrons. The van der Waals surface area contributed by atoms with Crippen molar-refractivity contribution in [3.05, 3.63) is 107 Å². The molecule has 4 rings (SSSR count). The van der Waals surface area contributed by atoms with Gasteiger partial charge in [0.25, 0.3) is 5.91 Å². The maximum Gasteiger partial charge on any atom is 0.271 e. The van der Waals surface area contributed by atoms with Crippen molar-refractivity contribution < 1.29 is 23.7 Å². The lowest BCUT2D eigenvalue weighted by atomic mass is 10.1. The molecule has 0 aliphatic rings. The largest absolute Gasteiger partial charge is 0.490 e. The summed E-state index contributed by atoms with van der Waals surface area (Å²) in [6.07, 6.45) is 3.19. The molecular formula is C32H31BrN2O5. The molecule has 0 radical (unpaired) electrons. The number of hydrogen-bond acceptors (Lipinski definition) is 6.